The molecule has 0 saturated heterocycles. The molecule has 0 aliphatic rings. The van der Waals surface area contributed by atoms with Gasteiger partial charge in [0.25, 0.3) is 5.91 Å². The van der Waals surface area contributed by atoms with E-state index >= 15 is 0 Å². The molecule has 5 nitrogen and oxygen atoms in total. The minimum atomic E-state index is -1.01. The number of amides is 1. The van der Waals surface area contributed by atoms with Crippen LogP contribution in [0.25, 0.3) is 10.9 Å². The molecule has 2 aromatic rings. The largest absolute Gasteiger partial charge is 0.480 e. The number of carboxylic acid groups (broad SMARTS) is 1. The lowest BCUT2D eigenvalue weighted by Gasteiger charge is -2.20. The smallest absolute Gasteiger partial charge is 0.326 e. The van der Waals surface area contributed by atoms with E-state index in [0.29, 0.717) is 12.0 Å². The first-order valence-electron chi connectivity index (χ1n) is 6.64. The first kappa shape index (κ1) is 14.1. The van der Waals surface area contributed by atoms with Crippen molar-refractivity contribution in [1.29, 1.82) is 0 Å². The molecule has 0 aliphatic heterocycles. The molecule has 20 heavy (non-hydrogen) atoms. The SMILES string of the molecule is CCC(C)C(NC(=O)c1cccc2cc[nH]c12)C(=O)O. The Morgan fingerprint density at radius 3 is 2.75 bits per heavy atom. The number of para-hydroxylation sites is 1. The van der Waals surface area contributed by atoms with E-state index in [0.717, 1.165) is 10.9 Å². The number of benzene rings is 1. The molecule has 106 valence electrons. The van der Waals surface area contributed by atoms with E-state index < -0.39 is 12.0 Å². The summed E-state index contributed by atoms with van der Waals surface area (Å²) in [5.74, 6) is -1.50. The summed E-state index contributed by atoms with van der Waals surface area (Å²) in [4.78, 5) is 26.6. The summed E-state index contributed by atoms with van der Waals surface area (Å²) < 4.78 is 0. The topological polar surface area (TPSA) is 82.2 Å². The molecule has 0 fully saturated rings. The number of carbonyl (C=O) groups excluding carboxylic acids is 1. The van der Waals surface area contributed by atoms with Crippen LogP contribution in [-0.4, -0.2) is 28.0 Å². The molecule has 1 amide bonds. The second kappa shape index (κ2) is 5.77. The van der Waals surface area contributed by atoms with Crippen molar-refractivity contribution < 1.29 is 14.7 Å². The number of fused-ring (bicyclic) bond motifs is 1. The number of aromatic amines is 1. The van der Waals surface area contributed by atoms with E-state index in [4.69, 9.17) is 0 Å². The summed E-state index contributed by atoms with van der Waals surface area (Å²) in [6, 6.07) is 6.35. The zero-order valence-electron chi connectivity index (χ0n) is 11.5. The van der Waals surface area contributed by atoms with Crippen molar-refractivity contribution in [3.8, 4) is 0 Å². The minimum absolute atomic E-state index is 0.126. The van der Waals surface area contributed by atoms with Crippen LogP contribution < -0.4 is 5.32 Å². The zero-order chi connectivity index (χ0) is 14.7. The Hall–Kier alpha value is -2.30. The van der Waals surface area contributed by atoms with E-state index in [1.54, 1.807) is 18.3 Å². The highest BCUT2D eigenvalue weighted by Crippen LogP contribution is 2.17. The molecule has 0 bridgehead atoms. The van der Waals surface area contributed by atoms with Crippen LogP contribution in [-0.2, 0) is 4.79 Å². The van der Waals surface area contributed by atoms with Gasteiger partial charge in [0.15, 0.2) is 0 Å². The molecule has 0 aliphatic carbocycles. The maximum Gasteiger partial charge on any atom is 0.326 e. The van der Waals surface area contributed by atoms with Crippen LogP contribution >= 0.6 is 0 Å². The monoisotopic (exact) mass is 274 g/mol. The van der Waals surface area contributed by atoms with Crippen LogP contribution in [0.2, 0.25) is 0 Å². The van der Waals surface area contributed by atoms with E-state index in [2.05, 4.69) is 10.3 Å². The molecular weight excluding hydrogens is 256 g/mol. The first-order valence-corrected chi connectivity index (χ1v) is 6.64. The summed E-state index contributed by atoms with van der Waals surface area (Å²) in [5, 5.41) is 12.8. The summed E-state index contributed by atoms with van der Waals surface area (Å²) >= 11 is 0. The van der Waals surface area contributed by atoms with Crippen molar-refractivity contribution >= 4 is 22.8 Å². The molecule has 0 spiro atoms. The van der Waals surface area contributed by atoms with Crippen LogP contribution in [0.3, 0.4) is 0 Å². The van der Waals surface area contributed by atoms with Gasteiger partial charge >= 0.3 is 5.97 Å². The van der Waals surface area contributed by atoms with Gasteiger partial charge in [-0.25, -0.2) is 4.79 Å². The fourth-order valence-corrected chi connectivity index (χ4v) is 2.18. The lowest BCUT2D eigenvalue weighted by molar-refractivity contribution is -0.140. The standard InChI is InChI=1S/C15H18N2O3/c1-3-9(2)12(15(19)20)17-14(18)11-6-4-5-10-7-8-16-13(10)11/h4-9,12,16H,3H2,1-2H3,(H,17,18)(H,19,20). The van der Waals surface area contributed by atoms with Crippen LogP contribution in [0.15, 0.2) is 30.5 Å². The average Bonchev–Trinajstić information content (AvgIpc) is 2.91. The van der Waals surface area contributed by atoms with Crippen molar-refractivity contribution in [2.24, 2.45) is 5.92 Å². The maximum absolute atomic E-state index is 12.3. The third-order valence-corrected chi connectivity index (χ3v) is 3.60. The highest BCUT2D eigenvalue weighted by atomic mass is 16.4. The van der Waals surface area contributed by atoms with Crippen molar-refractivity contribution in [2.75, 3.05) is 0 Å². The number of hydrogen-bond donors (Lipinski definition) is 3. The van der Waals surface area contributed by atoms with Crippen LogP contribution in [0, 0.1) is 5.92 Å². The number of H-pyrrole nitrogens is 1. The summed E-state index contributed by atoms with van der Waals surface area (Å²) in [6.45, 7) is 3.72. The predicted molar refractivity (Wildman–Crippen MR) is 76.6 cm³/mol. The first-order chi connectivity index (χ1) is 9.54. The van der Waals surface area contributed by atoms with E-state index in [-0.39, 0.29) is 11.8 Å². The molecular formula is C15H18N2O3. The van der Waals surface area contributed by atoms with Crippen molar-refractivity contribution in [3.05, 3.63) is 36.0 Å². The van der Waals surface area contributed by atoms with E-state index in [1.165, 1.54) is 0 Å². The number of rotatable bonds is 5. The van der Waals surface area contributed by atoms with Gasteiger partial charge in [0.2, 0.25) is 0 Å². The second-order valence-electron chi connectivity index (χ2n) is 4.92. The number of carboxylic acids is 1. The van der Waals surface area contributed by atoms with Gasteiger partial charge in [-0.3, -0.25) is 4.79 Å². The predicted octanol–water partition coefficient (Wildman–Crippen LogP) is 2.40. The van der Waals surface area contributed by atoms with Gasteiger partial charge in [-0.1, -0.05) is 32.4 Å². The number of hydrogen-bond acceptors (Lipinski definition) is 2. The molecule has 2 atom stereocenters. The third-order valence-electron chi connectivity index (χ3n) is 3.60. The van der Waals surface area contributed by atoms with Crippen LogP contribution in [0.4, 0.5) is 0 Å². The molecule has 1 heterocycles. The van der Waals surface area contributed by atoms with Gasteiger partial charge in [-0.05, 0) is 18.1 Å². The Morgan fingerprint density at radius 2 is 2.10 bits per heavy atom. The Balaban J connectivity index is 2.27. The van der Waals surface area contributed by atoms with Gasteiger partial charge in [-0.15, -0.1) is 0 Å². The molecule has 5 heteroatoms. The molecule has 0 saturated carbocycles. The number of carbonyl (C=O) groups is 2. The molecule has 1 aromatic heterocycles. The zero-order valence-corrected chi connectivity index (χ0v) is 11.5. The van der Waals surface area contributed by atoms with Crippen molar-refractivity contribution in [2.45, 2.75) is 26.3 Å². The summed E-state index contributed by atoms with van der Waals surface area (Å²) in [7, 11) is 0. The average molecular weight is 274 g/mol. The number of aromatic nitrogens is 1. The molecule has 3 N–H and O–H groups in total. The lowest BCUT2D eigenvalue weighted by Crippen LogP contribution is -2.45. The van der Waals surface area contributed by atoms with Crippen molar-refractivity contribution in [1.82, 2.24) is 10.3 Å². The quantitative estimate of drug-likeness (QED) is 0.783. The molecule has 0 radical (unpaired) electrons. The van der Waals surface area contributed by atoms with Gasteiger partial charge in [0.05, 0.1) is 11.1 Å². The summed E-state index contributed by atoms with van der Waals surface area (Å²) in [6.07, 6.45) is 2.44. The normalized spacial score (nSPS) is 13.9. The number of nitrogens with one attached hydrogen (secondary N) is 2. The van der Waals surface area contributed by atoms with Crippen molar-refractivity contribution in [3.63, 3.8) is 0 Å². The highest BCUT2D eigenvalue weighted by Gasteiger charge is 2.26. The molecule has 1 aromatic carbocycles. The Bertz CT molecular complexity index is 633. The Labute approximate surface area is 117 Å². The lowest BCUT2D eigenvalue weighted by atomic mass is 9.98. The third kappa shape index (κ3) is 2.66. The Kier molecular flexibility index (Phi) is 4.08. The van der Waals surface area contributed by atoms with Gasteiger partial charge in [0.1, 0.15) is 6.04 Å². The minimum Gasteiger partial charge on any atom is -0.480 e. The van der Waals surface area contributed by atoms with E-state index in [9.17, 15) is 14.7 Å². The second-order valence-corrected chi connectivity index (χ2v) is 4.92. The van der Waals surface area contributed by atoms with Crippen LogP contribution in [0.1, 0.15) is 30.6 Å². The van der Waals surface area contributed by atoms with Crippen LogP contribution in [0.5, 0.6) is 0 Å². The fraction of sp³-hybridized carbons (Fsp3) is 0.333. The maximum atomic E-state index is 12.3. The summed E-state index contributed by atoms with van der Waals surface area (Å²) in [5.41, 5.74) is 1.18. The highest BCUT2D eigenvalue weighted by molar-refractivity contribution is 6.06. The molecule has 2 rings (SSSR count). The van der Waals surface area contributed by atoms with E-state index in [1.807, 2.05) is 26.0 Å². The van der Waals surface area contributed by atoms with Gasteiger partial charge in [-0.2, -0.15) is 0 Å². The fourth-order valence-electron chi connectivity index (χ4n) is 2.18. The molecule has 2 unspecified atom stereocenters. The van der Waals surface area contributed by atoms with Gasteiger partial charge < -0.3 is 15.4 Å². The number of aliphatic carboxylic acids is 1. The van der Waals surface area contributed by atoms with Gasteiger partial charge in [0, 0.05) is 11.6 Å². The Morgan fingerprint density at radius 1 is 1.35 bits per heavy atom.